The van der Waals surface area contributed by atoms with E-state index in [9.17, 15) is 9.59 Å². The highest BCUT2D eigenvalue weighted by molar-refractivity contribution is 5.94. The topological polar surface area (TPSA) is 67.9 Å². The third-order valence-electron chi connectivity index (χ3n) is 3.89. The van der Waals surface area contributed by atoms with Crippen LogP contribution in [0, 0.1) is 13.8 Å². The van der Waals surface area contributed by atoms with Gasteiger partial charge in [-0.15, -0.1) is 0 Å². The molecule has 0 bridgehead atoms. The lowest BCUT2D eigenvalue weighted by molar-refractivity contribution is -0.118. The second-order valence-corrected chi connectivity index (χ2v) is 5.92. The minimum atomic E-state index is -0.373. The number of rotatable bonds is 5. The molecule has 0 spiro atoms. The van der Waals surface area contributed by atoms with Gasteiger partial charge < -0.3 is 14.8 Å². The quantitative estimate of drug-likeness (QED) is 0.907. The van der Waals surface area contributed by atoms with E-state index in [1.54, 1.807) is 24.3 Å². The second kappa shape index (κ2) is 7.25. The number of carbonyl (C=O) groups excluding carboxylic acids is 2. The van der Waals surface area contributed by atoms with Crippen molar-refractivity contribution in [2.45, 2.75) is 13.8 Å². The molecule has 0 aliphatic carbocycles. The summed E-state index contributed by atoms with van der Waals surface area (Å²) in [4.78, 5) is 25.3. The fourth-order valence-electron chi connectivity index (χ4n) is 2.68. The van der Waals surface area contributed by atoms with Crippen LogP contribution in [-0.4, -0.2) is 31.8 Å². The van der Waals surface area contributed by atoms with Gasteiger partial charge in [0.1, 0.15) is 12.4 Å². The Morgan fingerprint density at radius 1 is 1.24 bits per heavy atom. The van der Waals surface area contributed by atoms with Crippen molar-refractivity contribution < 1.29 is 19.1 Å². The molecule has 2 amide bonds. The highest BCUT2D eigenvalue weighted by atomic mass is 16.6. The third-order valence-corrected chi connectivity index (χ3v) is 3.89. The van der Waals surface area contributed by atoms with Gasteiger partial charge in [-0.3, -0.25) is 9.69 Å². The van der Waals surface area contributed by atoms with Crippen molar-refractivity contribution in [1.82, 2.24) is 0 Å². The Morgan fingerprint density at radius 2 is 2.08 bits per heavy atom. The highest BCUT2D eigenvalue weighted by Gasteiger charge is 2.23. The molecule has 1 heterocycles. The lowest BCUT2D eigenvalue weighted by Gasteiger charge is -2.14. The fraction of sp³-hybridized carbons (Fsp3) is 0.263. The molecular weight excluding hydrogens is 320 g/mol. The number of cyclic esters (lactones) is 1. The number of hydrogen-bond donors (Lipinski definition) is 1. The molecule has 1 fully saturated rings. The molecule has 0 aromatic heterocycles. The summed E-state index contributed by atoms with van der Waals surface area (Å²) in [5.41, 5.74) is 3.43. The van der Waals surface area contributed by atoms with Gasteiger partial charge in [-0.25, -0.2) is 4.79 Å². The Balaban J connectivity index is 1.60. The standard InChI is InChI=1S/C19H20N2O4/c1-13-6-7-17(14(2)10-13)25-12-18(22)20-15-4-3-5-16(11-15)21-8-9-24-19(21)23/h3-7,10-11H,8-9,12H2,1-2H3,(H,20,22). The van der Waals surface area contributed by atoms with Crippen molar-refractivity contribution >= 4 is 23.4 Å². The van der Waals surface area contributed by atoms with Gasteiger partial charge in [-0.1, -0.05) is 23.8 Å². The molecule has 1 N–H and O–H groups in total. The number of nitrogens with zero attached hydrogens (tertiary/aromatic N) is 1. The number of benzene rings is 2. The number of amides is 2. The van der Waals surface area contributed by atoms with Gasteiger partial charge in [-0.2, -0.15) is 0 Å². The summed E-state index contributed by atoms with van der Waals surface area (Å²) < 4.78 is 10.5. The number of anilines is 2. The summed E-state index contributed by atoms with van der Waals surface area (Å²) in [6.45, 7) is 4.75. The predicted molar refractivity (Wildman–Crippen MR) is 95.2 cm³/mol. The molecule has 25 heavy (non-hydrogen) atoms. The minimum absolute atomic E-state index is 0.0834. The van der Waals surface area contributed by atoms with Gasteiger partial charge in [0.05, 0.1) is 6.54 Å². The zero-order valence-electron chi connectivity index (χ0n) is 14.2. The number of ether oxygens (including phenoxy) is 2. The van der Waals surface area contributed by atoms with E-state index in [2.05, 4.69) is 5.32 Å². The number of carbonyl (C=O) groups is 2. The third kappa shape index (κ3) is 4.09. The molecule has 1 aliphatic rings. The first-order valence-corrected chi connectivity index (χ1v) is 8.07. The highest BCUT2D eigenvalue weighted by Crippen LogP contribution is 2.23. The maximum absolute atomic E-state index is 12.1. The zero-order chi connectivity index (χ0) is 17.8. The van der Waals surface area contributed by atoms with Crippen LogP contribution in [0.2, 0.25) is 0 Å². The summed E-state index contributed by atoms with van der Waals surface area (Å²) in [5, 5.41) is 2.78. The molecule has 1 saturated heterocycles. The summed E-state index contributed by atoms with van der Waals surface area (Å²) >= 11 is 0. The van der Waals surface area contributed by atoms with Crippen LogP contribution in [0.3, 0.4) is 0 Å². The molecule has 2 aromatic carbocycles. The van der Waals surface area contributed by atoms with E-state index in [-0.39, 0.29) is 18.6 Å². The molecule has 2 aromatic rings. The van der Waals surface area contributed by atoms with Gasteiger partial charge in [-0.05, 0) is 43.7 Å². The van der Waals surface area contributed by atoms with Crippen LogP contribution in [0.4, 0.5) is 16.2 Å². The van der Waals surface area contributed by atoms with E-state index in [0.29, 0.717) is 30.3 Å². The maximum Gasteiger partial charge on any atom is 0.414 e. The molecule has 0 radical (unpaired) electrons. The molecule has 0 saturated carbocycles. The van der Waals surface area contributed by atoms with E-state index in [4.69, 9.17) is 9.47 Å². The van der Waals surface area contributed by atoms with Crippen LogP contribution in [0.15, 0.2) is 42.5 Å². The molecule has 6 heteroatoms. The molecule has 6 nitrogen and oxygen atoms in total. The fourth-order valence-corrected chi connectivity index (χ4v) is 2.68. The molecule has 1 aliphatic heterocycles. The van der Waals surface area contributed by atoms with Crippen LogP contribution in [0.5, 0.6) is 5.75 Å². The summed E-state index contributed by atoms with van der Waals surface area (Å²) in [5.74, 6) is 0.426. The Morgan fingerprint density at radius 3 is 2.80 bits per heavy atom. The predicted octanol–water partition coefficient (Wildman–Crippen LogP) is 3.28. The Hall–Kier alpha value is -3.02. The van der Waals surface area contributed by atoms with Gasteiger partial charge >= 0.3 is 6.09 Å². The normalized spacial score (nSPS) is 13.5. The maximum atomic E-state index is 12.1. The van der Waals surface area contributed by atoms with E-state index in [0.717, 1.165) is 11.1 Å². The van der Waals surface area contributed by atoms with Gasteiger partial charge in [0.25, 0.3) is 5.91 Å². The first kappa shape index (κ1) is 16.8. The van der Waals surface area contributed by atoms with Crippen molar-refractivity contribution in [3.63, 3.8) is 0 Å². The lowest BCUT2D eigenvalue weighted by atomic mass is 10.1. The van der Waals surface area contributed by atoms with Crippen molar-refractivity contribution in [2.75, 3.05) is 30.0 Å². The monoisotopic (exact) mass is 340 g/mol. The summed E-state index contributed by atoms with van der Waals surface area (Å²) in [7, 11) is 0. The molecule has 130 valence electrons. The Labute approximate surface area is 146 Å². The van der Waals surface area contributed by atoms with Crippen molar-refractivity contribution in [3.05, 3.63) is 53.6 Å². The van der Waals surface area contributed by atoms with Crippen LogP contribution in [0.25, 0.3) is 0 Å². The minimum Gasteiger partial charge on any atom is -0.483 e. The van der Waals surface area contributed by atoms with Gasteiger partial charge in [0, 0.05) is 11.4 Å². The summed E-state index contributed by atoms with van der Waals surface area (Å²) in [6.07, 6.45) is -0.373. The Bertz CT molecular complexity index is 804. The number of aryl methyl sites for hydroxylation is 2. The molecule has 0 unspecified atom stereocenters. The van der Waals surface area contributed by atoms with Crippen molar-refractivity contribution in [1.29, 1.82) is 0 Å². The average molecular weight is 340 g/mol. The van der Waals surface area contributed by atoms with Crippen LogP contribution in [-0.2, 0) is 9.53 Å². The first-order chi connectivity index (χ1) is 12.0. The smallest absolute Gasteiger partial charge is 0.414 e. The van der Waals surface area contributed by atoms with E-state index in [1.165, 1.54) is 4.90 Å². The molecular formula is C19H20N2O4. The van der Waals surface area contributed by atoms with Crippen LogP contribution in [0.1, 0.15) is 11.1 Å². The van der Waals surface area contributed by atoms with Crippen LogP contribution >= 0.6 is 0 Å². The van der Waals surface area contributed by atoms with Crippen molar-refractivity contribution in [3.8, 4) is 5.75 Å². The van der Waals surface area contributed by atoms with E-state index >= 15 is 0 Å². The van der Waals surface area contributed by atoms with E-state index in [1.807, 2.05) is 32.0 Å². The van der Waals surface area contributed by atoms with Gasteiger partial charge in [0.2, 0.25) is 0 Å². The lowest BCUT2D eigenvalue weighted by Crippen LogP contribution is -2.24. The number of hydrogen-bond acceptors (Lipinski definition) is 4. The average Bonchev–Trinajstić information content (AvgIpc) is 3.00. The first-order valence-electron chi connectivity index (χ1n) is 8.07. The van der Waals surface area contributed by atoms with Crippen LogP contribution < -0.4 is 15.0 Å². The van der Waals surface area contributed by atoms with Crippen molar-refractivity contribution in [2.24, 2.45) is 0 Å². The summed E-state index contributed by atoms with van der Waals surface area (Å²) in [6, 6.07) is 12.9. The largest absolute Gasteiger partial charge is 0.483 e. The van der Waals surface area contributed by atoms with E-state index < -0.39 is 0 Å². The Kier molecular flexibility index (Phi) is 4.88. The SMILES string of the molecule is Cc1ccc(OCC(=O)Nc2cccc(N3CCOC3=O)c2)c(C)c1. The number of nitrogens with one attached hydrogen (secondary N) is 1. The second-order valence-electron chi connectivity index (χ2n) is 5.92. The molecule has 3 rings (SSSR count). The van der Waals surface area contributed by atoms with Gasteiger partial charge in [0.15, 0.2) is 6.61 Å². The molecule has 0 atom stereocenters. The zero-order valence-corrected chi connectivity index (χ0v) is 14.2.